The second kappa shape index (κ2) is 6.04. The molecule has 1 amide bonds. The molecule has 2 aromatic rings. The van der Waals surface area contributed by atoms with E-state index in [0.717, 1.165) is 0 Å². The molecule has 0 saturated carbocycles. The minimum Gasteiger partial charge on any atom is -0.493 e. The summed E-state index contributed by atoms with van der Waals surface area (Å²) in [4.78, 5) is 11.1. The van der Waals surface area contributed by atoms with Crippen molar-refractivity contribution in [1.82, 2.24) is 0 Å². The van der Waals surface area contributed by atoms with Crippen molar-refractivity contribution < 1.29 is 19.0 Å². The molecule has 0 radical (unpaired) electrons. The first-order chi connectivity index (χ1) is 10.1. The summed E-state index contributed by atoms with van der Waals surface area (Å²) in [6, 6.07) is 9.83. The van der Waals surface area contributed by atoms with Crippen LogP contribution in [0.2, 0.25) is 0 Å². The number of benzene rings is 2. The van der Waals surface area contributed by atoms with Crippen molar-refractivity contribution in [2.45, 2.75) is 0 Å². The molecule has 0 atom stereocenters. The van der Waals surface area contributed by atoms with Crippen LogP contribution in [0.1, 0.15) is 10.4 Å². The number of hydrogen-bond donors (Lipinski definition) is 2. The van der Waals surface area contributed by atoms with Crippen molar-refractivity contribution in [3.63, 3.8) is 0 Å². The molecule has 0 aliphatic rings. The number of nitrogens with two attached hydrogens (primary N) is 2. The van der Waals surface area contributed by atoms with Crippen LogP contribution < -0.4 is 25.7 Å². The summed E-state index contributed by atoms with van der Waals surface area (Å²) in [7, 11) is 3.06. The normalized spacial score (nSPS) is 10.0. The van der Waals surface area contributed by atoms with E-state index in [1.165, 1.54) is 26.4 Å². The summed E-state index contributed by atoms with van der Waals surface area (Å²) in [6.07, 6.45) is 0. The highest BCUT2D eigenvalue weighted by Gasteiger charge is 2.14. The third kappa shape index (κ3) is 3.00. The number of carbonyl (C=O) groups is 1. The number of rotatable bonds is 5. The van der Waals surface area contributed by atoms with Gasteiger partial charge in [-0.2, -0.15) is 0 Å². The van der Waals surface area contributed by atoms with Crippen LogP contribution in [-0.4, -0.2) is 20.1 Å². The first kappa shape index (κ1) is 14.5. The Hall–Kier alpha value is -2.89. The molecule has 0 aromatic heterocycles. The molecule has 21 heavy (non-hydrogen) atoms. The van der Waals surface area contributed by atoms with E-state index in [-0.39, 0.29) is 0 Å². The number of nitrogen functional groups attached to an aromatic ring is 1. The molecule has 0 unspecified atom stereocenters. The third-order valence-corrected chi connectivity index (χ3v) is 2.89. The van der Waals surface area contributed by atoms with Gasteiger partial charge in [-0.1, -0.05) is 6.07 Å². The smallest absolute Gasteiger partial charge is 0.248 e. The van der Waals surface area contributed by atoms with E-state index < -0.39 is 5.91 Å². The standard InChI is InChI=1S/C15H16N2O4/c1-19-12-4-3-5-13(20-2)14(12)21-11-7-6-9(15(17)18)8-10(11)16/h3-8H,16H2,1-2H3,(H2,17,18). The van der Waals surface area contributed by atoms with Crippen molar-refractivity contribution in [2.75, 3.05) is 20.0 Å². The number of hydrogen-bond acceptors (Lipinski definition) is 5. The van der Waals surface area contributed by atoms with Crippen molar-refractivity contribution >= 4 is 11.6 Å². The van der Waals surface area contributed by atoms with Gasteiger partial charge in [-0.3, -0.25) is 4.79 Å². The highest BCUT2D eigenvalue weighted by Crippen LogP contribution is 2.41. The third-order valence-electron chi connectivity index (χ3n) is 2.89. The van der Waals surface area contributed by atoms with Gasteiger partial charge in [0.1, 0.15) is 0 Å². The lowest BCUT2D eigenvalue weighted by atomic mass is 10.2. The fourth-order valence-corrected chi connectivity index (χ4v) is 1.82. The van der Waals surface area contributed by atoms with E-state index in [4.69, 9.17) is 25.7 Å². The minimum atomic E-state index is -0.553. The molecule has 6 nitrogen and oxygen atoms in total. The highest BCUT2D eigenvalue weighted by molar-refractivity contribution is 5.94. The van der Waals surface area contributed by atoms with Gasteiger partial charge in [0.25, 0.3) is 0 Å². The Balaban J connectivity index is 2.40. The van der Waals surface area contributed by atoms with Gasteiger partial charge in [-0.25, -0.2) is 0 Å². The minimum absolute atomic E-state index is 0.291. The lowest BCUT2D eigenvalue weighted by molar-refractivity contribution is 0.100. The topological polar surface area (TPSA) is 96.8 Å². The Morgan fingerprint density at radius 2 is 1.62 bits per heavy atom. The number of anilines is 1. The monoisotopic (exact) mass is 288 g/mol. The number of para-hydroxylation sites is 1. The second-order valence-electron chi connectivity index (χ2n) is 4.21. The summed E-state index contributed by atoms with van der Waals surface area (Å²) in [5, 5.41) is 0. The molecule has 0 fully saturated rings. The molecule has 0 bridgehead atoms. The van der Waals surface area contributed by atoms with Gasteiger partial charge in [0.15, 0.2) is 17.2 Å². The first-order valence-electron chi connectivity index (χ1n) is 6.15. The Morgan fingerprint density at radius 1 is 1.00 bits per heavy atom. The van der Waals surface area contributed by atoms with Crippen LogP contribution in [0.15, 0.2) is 36.4 Å². The zero-order valence-electron chi connectivity index (χ0n) is 11.8. The molecule has 0 saturated heterocycles. The number of methoxy groups -OCH3 is 2. The van der Waals surface area contributed by atoms with E-state index in [1.54, 1.807) is 24.3 Å². The number of carbonyl (C=O) groups excluding carboxylic acids is 1. The Bertz CT molecular complexity index is 648. The van der Waals surface area contributed by atoms with E-state index in [2.05, 4.69) is 0 Å². The first-order valence-corrected chi connectivity index (χ1v) is 6.15. The van der Waals surface area contributed by atoms with E-state index in [1.807, 2.05) is 0 Å². The van der Waals surface area contributed by atoms with Crippen molar-refractivity contribution in [1.29, 1.82) is 0 Å². The van der Waals surface area contributed by atoms with Crippen LogP contribution >= 0.6 is 0 Å². The van der Waals surface area contributed by atoms with Gasteiger partial charge in [0.05, 0.1) is 19.9 Å². The summed E-state index contributed by atoms with van der Waals surface area (Å²) < 4.78 is 16.2. The second-order valence-corrected chi connectivity index (χ2v) is 4.21. The fraction of sp³-hybridized carbons (Fsp3) is 0.133. The van der Waals surface area contributed by atoms with Crippen LogP contribution in [-0.2, 0) is 0 Å². The summed E-state index contributed by atoms with van der Waals surface area (Å²) >= 11 is 0. The van der Waals surface area contributed by atoms with Gasteiger partial charge < -0.3 is 25.7 Å². The molecular formula is C15H16N2O4. The fourth-order valence-electron chi connectivity index (χ4n) is 1.82. The maximum atomic E-state index is 11.1. The Labute approximate surface area is 122 Å². The predicted molar refractivity (Wildman–Crippen MR) is 79.0 cm³/mol. The van der Waals surface area contributed by atoms with Crippen molar-refractivity contribution in [3.05, 3.63) is 42.0 Å². The zero-order valence-corrected chi connectivity index (χ0v) is 11.8. The molecule has 0 aliphatic heterocycles. The zero-order chi connectivity index (χ0) is 15.4. The highest BCUT2D eigenvalue weighted by atomic mass is 16.5. The lowest BCUT2D eigenvalue weighted by Gasteiger charge is -2.15. The number of primary amides is 1. The number of amides is 1. The average Bonchev–Trinajstić information content (AvgIpc) is 2.49. The summed E-state index contributed by atoms with van der Waals surface area (Å²) in [5.74, 6) is 1.24. The van der Waals surface area contributed by atoms with Crippen LogP contribution in [0.4, 0.5) is 5.69 Å². The molecule has 110 valence electrons. The lowest BCUT2D eigenvalue weighted by Crippen LogP contribution is -2.11. The van der Waals surface area contributed by atoms with Crippen molar-refractivity contribution in [2.24, 2.45) is 5.73 Å². The Morgan fingerprint density at radius 3 is 2.10 bits per heavy atom. The SMILES string of the molecule is COc1cccc(OC)c1Oc1ccc(C(N)=O)cc1N. The molecule has 6 heteroatoms. The Kier molecular flexibility index (Phi) is 4.18. The quantitative estimate of drug-likeness (QED) is 0.822. The van der Waals surface area contributed by atoms with Crippen LogP contribution in [0.5, 0.6) is 23.0 Å². The van der Waals surface area contributed by atoms with E-state index in [9.17, 15) is 4.79 Å². The molecule has 2 rings (SSSR count). The molecule has 0 spiro atoms. The summed E-state index contributed by atoms with van der Waals surface area (Å²) in [6.45, 7) is 0. The summed E-state index contributed by atoms with van der Waals surface area (Å²) in [5.41, 5.74) is 11.7. The van der Waals surface area contributed by atoms with Gasteiger partial charge >= 0.3 is 0 Å². The largest absolute Gasteiger partial charge is 0.493 e. The maximum Gasteiger partial charge on any atom is 0.248 e. The van der Waals surface area contributed by atoms with Crippen molar-refractivity contribution in [3.8, 4) is 23.0 Å². The van der Waals surface area contributed by atoms with Crippen LogP contribution in [0.3, 0.4) is 0 Å². The predicted octanol–water partition coefficient (Wildman–Crippen LogP) is 2.18. The molecule has 0 heterocycles. The van der Waals surface area contributed by atoms with Gasteiger partial charge in [-0.05, 0) is 30.3 Å². The van der Waals surface area contributed by atoms with Gasteiger partial charge in [-0.15, -0.1) is 0 Å². The molecular weight excluding hydrogens is 272 g/mol. The van der Waals surface area contributed by atoms with Crippen LogP contribution in [0, 0.1) is 0 Å². The van der Waals surface area contributed by atoms with Gasteiger partial charge in [0, 0.05) is 5.56 Å². The van der Waals surface area contributed by atoms with E-state index >= 15 is 0 Å². The molecule has 0 aliphatic carbocycles. The number of ether oxygens (including phenoxy) is 3. The van der Waals surface area contributed by atoms with Crippen LogP contribution in [0.25, 0.3) is 0 Å². The van der Waals surface area contributed by atoms with Gasteiger partial charge in [0.2, 0.25) is 11.7 Å². The molecule has 2 aromatic carbocycles. The maximum absolute atomic E-state index is 11.1. The van der Waals surface area contributed by atoms with E-state index in [0.29, 0.717) is 34.2 Å². The average molecular weight is 288 g/mol. The molecule has 4 N–H and O–H groups in total.